The molecular weight excluding hydrogens is 433 g/mol. The number of halogens is 1. The van der Waals surface area contributed by atoms with Gasteiger partial charge in [0, 0.05) is 23.9 Å². The Kier molecular flexibility index (Phi) is 8.91. The van der Waals surface area contributed by atoms with Crippen LogP contribution in [0.4, 0.5) is 4.39 Å². The lowest BCUT2D eigenvalue weighted by atomic mass is 9.87. The van der Waals surface area contributed by atoms with Crippen LogP contribution in [0.5, 0.6) is 0 Å². The van der Waals surface area contributed by atoms with Crippen molar-refractivity contribution in [2.24, 2.45) is 0 Å². The van der Waals surface area contributed by atoms with Crippen LogP contribution < -0.4 is 10.8 Å². The monoisotopic (exact) mass is 471 g/mol. The van der Waals surface area contributed by atoms with Gasteiger partial charge in [-0.05, 0) is 70.0 Å². The fraction of sp³-hybridized carbons (Fsp3) is 0.500. The fourth-order valence-electron chi connectivity index (χ4n) is 3.44. The number of nitrogens with zero attached hydrogens (tertiary/aromatic N) is 3. The summed E-state index contributed by atoms with van der Waals surface area (Å²) < 4.78 is 14.9. The highest BCUT2D eigenvalue weighted by molar-refractivity contribution is 5.85. The molecule has 0 fully saturated rings. The molecule has 2 rings (SSSR count). The van der Waals surface area contributed by atoms with Gasteiger partial charge in [0.2, 0.25) is 5.91 Å². The molecule has 0 spiro atoms. The zero-order valence-electron chi connectivity index (χ0n) is 21.3. The number of benzene rings is 1. The predicted molar refractivity (Wildman–Crippen MR) is 134 cm³/mol. The average Bonchev–Trinajstić information content (AvgIpc) is 2.78. The van der Waals surface area contributed by atoms with E-state index in [2.05, 4.69) is 10.4 Å². The molecule has 8 heteroatoms. The summed E-state index contributed by atoms with van der Waals surface area (Å²) in [6.07, 6.45) is 4.11. The van der Waals surface area contributed by atoms with Crippen molar-refractivity contribution < 1.29 is 14.3 Å². The maximum absolute atomic E-state index is 13.4. The molecular formula is C26H38FN5O2. The number of aliphatic hydroxyl groups excluding tert-OH is 1. The molecule has 1 amide bonds. The summed E-state index contributed by atoms with van der Waals surface area (Å²) in [4.78, 5) is 14.6. The van der Waals surface area contributed by atoms with Gasteiger partial charge in [-0.2, -0.15) is 5.10 Å². The molecule has 7 nitrogen and oxygen atoms in total. The number of aromatic nitrogens is 2. The number of carbonyl (C=O) groups is 1. The van der Waals surface area contributed by atoms with Crippen LogP contribution in [0.1, 0.15) is 53.5 Å². The van der Waals surface area contributed by atoms with Gasteiger partial charge < -0.3 is 15.3 Å². The number of aliphatic hydroxyl groups is 1. The quantitative estimate of drug-likeness (QED) is 0.521. The predicted octanol–water partition coefficient (Wildman–Crippen LogP) is 3.53. The summed E-state index contributed by atoms with van der Waals surface area (Å²) in [6.45, 7) is 11.8. The van der Waals surface area contributed by atoms with E-state index in [9.17, 15) is 14.3 Å². The van der Waals surface area contributed by atoms with Crippen LogP contribution in [0.25, 0.3) is 17.5 Å². The number of hydrogen-bond donors (Lipinski definition) is 3. The first-order valence-electron chi connectivity index (χ1n) is 11.5. The summed E-state index contributed by atoms with van der Waals surface area (Å²) in [5, 5.41) is 25.9. The number of carbonyl (C=O) groups excluding carboxylic acids is 1. The molecule has 0 radical (unpaired) electrons. The molecule has 1 aromatic heterocycles. The van der Waals surface area contributed by atoms with Gasteiger partial charge in [0.05, 0.1) is 23.9 Å². The summed E-state index contributed by atoms with van der Waals surface area (Å²) in [6, 6.07) is 7.69. The molecule has 1 aromatic carbocycles. The van der Waals surface area contributed by atoms with Crippen LogP contribution in [-0.2, 0) is 10.2 Å². The molecule has 34 heavy (non-hydrogen) atoms. The Morgan fingerprint density at radius 2 is 1.88 bits per heavy atom. The van der Waals surface area contributed by atoms with E-state index in [1.165, 1.54) is 16.8 Å². The molecule has 0 aliphatic carbocycles. The van der Waals surface area contributed by atoms with Crippen LogP contribution >= 0.6 is 0 Å². The number of rotatable bonds is 9. The molecule has 0 aliphatic heterocycles. The van der Waals surface area contributed by atoms with E-state index in [1.54, 1.807) is 30.3 Å². The Labute approximate surface area is 201 Å². The summed E-state index contributed by atoms with van der Waals surface area (Å²) in [5.74, 6) is -0.410. The van der Waals surface area contributed by atoms with Gasteiger partial charge in [0.1, 0.15) is 11.3 Å². The van der Waals surface area contributed by atoms with Crippen LogP contribution in [0.2, 0.25) is 0 Å². The highest BCUT2D eigenvalue weighted by Gasteiger charge is 2.32. The number of hydrogen-bond acceptors (Lipinski definition) is 5. The van der Waals surface area contributed by atoms with Crippen molar-refractivity contribution in [3.63, 3.8) is 0 Å². The van der Waals surface area contributed by atoms with E-state index >= 15 is 0 Å². The highest BCUT2D eigenvalue weighted by Crippen LogP contribution is 2.24. The molecule has 0 bridgehead atoms. The first kappa shape index (κ1) is 27.4. The molecule has 186 valence electrons. The van der Waals surface area contributed by atoms with E-state index in [-0.39, 0.29) is 35.3 Å². The SMILES string of the molecule is CNC(C)(C)C(=O)N(CC/C=C/n1nc(-c2ccc(F)cc2)cc(C(C)(C)C)c1=N)C(C)CO. The first-order valence-corrected chi connectivity index (χ1v) is 11.5. The van der Waals surface area contributed by atoms with Crippen LogP contribution in [-0.4, -0.2) is 57.5 Å². The van der Waals surface area contributed by atoms with Gasteiger partial charge in [-0.1, -0.05) is 26.8 Å². The van der Waals surface area contributed by atoms with E-state index in [1.807, 2.05) is 53.7 Å². The minimum absolute atomic E-state index is 0.0924. The minimum Gasteiger partial charge on any atom is -0.394 e. The van der Waals surface area contributed by atoms with E-state index in [0.29, 0.717) is 18.7 Å². The first-order chi connectivity index (χ1) is 15.8. The van der Waals surface area contributed by atoms with Crippen molar-refractivity contribution >= 4 is 12.1 Å². The van der Waals surface area contributed by atoms with Crippen LogP contribution in [0.15, 0.2) is 36.4 Å². The van der Waals surface area contributed by atoms with Crippen molar-refractivity contribution in [3.8, 4) is 11.3 Å². The molecule has 0 saturated heterocycles. The smallest absolute Gasteiger partial charge is 0.242 e. The minimum atomic E-state index is -0.747. The van der Waals surface area contributed by atoms with E-state index in [4.69, 9.17) is 5.41 Å². The Morgan fingerprint density at radius 3 is 2.41 bits per heavy atom. The zero-order chi connectivity index (χ0) is 25.7. The van der Waals surface area contributed by atoms with E-state index < -0.39 is 5.54 Å². The molecule has 3 N–H and O–H groups in total. The second-order valence-corrected chi connectivity index (χ2v) is 10.1. The Hall–Kier alpha value is -2.84. The third-order valence-corrected chi connectivity index (χ3v) is 5.93. The molecule has 2 aromatic rings. The fourth-order valence-corrected chi connectivity index (χ4v) is 3.44. The maximum atomic E-state index is 13.4. The molecule has 1 atom stereocenters. The molecule has 0 aliphatic rings. The second kappa shape index (κ2) is 11.1. The van der Waals surface area contributed by atoms with Gasteiger partial charge in [0.25, 0.3) is 0 Å². The van der Waals surface area contributed by atoms with Crippen LogP contribution in [0.3, 0.4) is 0 Å². The number of amides is 1. The third kappa shape index (κ3) is 6.61. The lowest BCUT2D eigenvalue weighted by Gasteiger charge is -2.35. The van der Waals surface area contributed by atoms with Crippen molar-refractivity contribution in [3.05, 3.63) is 53.3 Å². The lowest BCUT2D eigenvalue weighted by Crippen LogP contribution is -2.56. The molecule has 1 heterocycles. The largest absolute Gasteiger partial charge is 0.394 e. The van der Waals surface area contributed by atoms with Gasteiger partial charge in [-0.15, -0.1) is 0 Å². The number of likely N-dealkylation sites (N-methyl/N-ethyl adjacent to an activating group) is 1. The molecule has 0 saturated carbocycles. The Morgan fingerprint density at radius 1 is 1.26 bits per heavy atom. The van der Waals surface area contributed by atoms with E-state index in [0.717, 1.165) is 11.1 Å². The lowest BCUT2D eigenvalue weighted by molar-refractivity contribution is -0.139. The van der Waals surface area contributed by atoms with Crippen molar-refractivity contribution in [2.75, 3.05) is 20.2 Å². The summed E-state index contributed by atoms with van der Waals surface area (Å²) in [5.41, 5.74) is 1.45. The van der Waals surface area contributed by atoms with Crippen molar-refractivity contribution in [1.82, 2.24) is 20.0 Å². The maximum Gasteiger partial charge on any atom is 0.242 e. The number of nitrogens with one attached hydrogen (secondary N) is 2. The molecule has 1 unspecified atom stereocenters. The second-order valence-electron chi connectivity index (χ2n) is 10.1. The summed E-state index contributed by atoms with van der Waals surface area (Å²) in [7, 11) is 1.73. The van der Waals surface area contributed by atoms with Crippen molar-refractivity contribution in [1.29, 1.82) is 5.41 Å². The standard InChI is InChI=1S/C26H38FN5O2/c1-18(17-33)31(24(34)26(5,6)29-7)14-8-9-15-32-23(28)21(25(2,3)4)16-22(30-32)19-10-12-20(27)13-11-19/h9-13,15-16,18,28-29,33H,8,14,17H2,1-7H3/b15-9+,28-23?. The van der Waals surface area contributed by atoms with Gasteiger partial charge in [-0.25, -0.2) is 9.07 Å². The van der Waals surface area contributed by atoms with Gasteiger partial charge in [-0.3, -0.25) is 10.2 Å². The Balaban J connectivity index is 2.35. The zero-order valence-corrected chi connectivity index (χ0v) is 21.3. The third-order valence-electron chi connectivity index (χ3n) is 5.93. The Bertz CT molecular complexity index is 1070. The van der Waals surface area contributed by atoms with Crippen LogP contribution in [0, 0.1) is 11.2 Å². The normalized spacial score (nSPS) is 13.3. The topological polar surface area (TPSA) is 94.2 Å². The van der Waals surface area contributed by atoms with Crippen molar-refractivity contribution in [2.45, 2.75) is 65.0 Å². The van der Waals surface area contributed by atoms with Gasteiger partial charge in [0.15, 0.2) is 0 Å². The summed E-state index contributed by atoms with van der Waals surface area (Å²) >= 11 is 0. The average molecular weight is 472 g/mol. The highest BCUT2D eigenvalue weighted by atomic mass is 19.1. The van der Waals surface area contributed by atoms with Gasteiger partial charge >= 0.3 is 0 Å².